The molecule has 0 saturated heterocycles. The summed E-state index contributed by atoms with van der Waals surface area (Å²) in [6.45, 7) is 0.336. The molecule has 0 amide bonds. The number of rotatable bonds is 3. The first kappa shape index (κ1) is 11.7. The smallest absolute Gasteiger partial charge is 0.359 e. The molecule has 15 heavy (non-hydrogen) atoms. The first-order valence-corrected chi connectivity index (χ1v) is 4.24. The zero-order chi connectivity index (χ0) is 11.5. The van der Waals surface area contributed by atoms with Gasteiger partial charge in [-0.2, -0.15) is 13.2 Å². The van der Waals surface area contributed by atoms with Crippen LogP contribution in [-0.2, 0) is 6.42 Å². The fourth-order valence-corrected chi connectivity index (χ4v) is 0.960. The Morgan fingerprint density at radius 3 is 2.53 bits per heavy atom. The van der Waals surface area contributed by atoms with E-state index in [2.05, 4.69) is 9.97 Å². The van der Waals surface area contributed by atoms with Crippen molar-refractivity contribution in [1.82, 2.24) is 9.97 Å². The van der Waals surface area contributed by atoms with E-state index in [0.29, 0.717) is 6.42 Å². The summed E-state index contributed by atoms with van der Waals surface area (Å²) >= 11 is 0. The predicted octanol–water partition coefficient (Wildman–Crippen LogP) is 2.15. The summed E-state index contributed by atoms with van der Waals surface area (Å²) in [4.78, 5) is 6.99. The molecular weight excluding hydrogens is 214 g/mol. The lowest BCUT2D eigenvalue weighted by atomic mass is 10.3. The summed E-state index contributed by atoms with van der Waals surface area (Å²) in [7, 11) is 0. The van der Waals surface area contributed by atoms with E-state index in [1.807, 2.05) is 5.32 Å². The Labute approximate surface area is 83.5 Å². The summed E-state index contributed by atoms with van der Waals surface area (Å²) in [6.07, 6.45) is -3.07. The molecule has 1 aromatic rings. The average Bonchev–Trinajstić information content (AvgIpc) is 2.15. The zero-order valence-corrected chi connectivity index (χ0v) is 7.90. The summed E-state index contributed by atoms with van der Waals surface area (Å²) in [5, 5.41) is 1.88. The highest BCUT2D eigenvalue weighted by molar-refractivity contribution is 5.37. The van der Waals surface area contributed by atoms with Crippen LogP contribution < -0.4 is 5.32 Å². The van der Waals surface area contributed by atoms with Crippen molar-refractivity contribution >= 4 is 5.82 Å². The van der Waals surface area contributed by atoms with Crippen molar-refractivity contribution in [3.63, 3.8) is 0 Å². The monoisotopic (exact) mass is 223 g/mol. The van der Waals surface area contributed by atoms with Crippen molar-refractivity contribution in [2.45, 2.75) is 19.5 Å². The summed E-state index contributed by atoms with van der Waals surface area (Å²) in [5.41, 5.74) is 0.0923. The van der Waals surface area contributed by atoms with E-state index in [1.54, 1.807) is 6.92 Å². The van der Waals surface area contributed by atoms with Crippen LogP contribution in [0.15, 0.2) is 6.33 Å². The second kappa shape index (κ2) is 4.41. The van der Waals surface area contributed by atoms with Gasteiger partial charge in [-0.1, -0.05) is 6.92 Å². The van der Waals surface area contributed by atoms with Crippen LogP contribution in [0.2, 0.25) is 0 Å². The first-order chi connectivity index (χ1) is 6.94. The highest BCUT2D eigenvalue weighted by atomic mass is 19.4. The van der Waals surface area contributed by atoms with Gasteiger partial charge in [0.05, 0.1) is 5.69 Å². The lowest BCUT2D eigenvalue weighted by Gasteiger charge is -2.10. The Bertz CT molecular complexity index is 337. The topological polar surface area (TPSA) is 37.8 Å². The Hall–Kier alpha value is -1.40. The summed E-state index contributed by atoms with van der Waals surface area (Å²) in [6, 6.07) is 0. The van der Waals surface area contributed by atoms with Crippen molar-refractivity contribution in [1.29, 1.82) is 0 Å². The third-order valence-electron chi connectivity index (χ3n) is 1.65. The molecule has 0 radical (unpaired) electrons. The molecule has 7 heteroatoms. The number of aromatic nitrogens is 2. The number of hydrogen-bond donors (Lipinski definition) is 1. The second-order valence-electron chi connectivity index (χ2n) is 2.81. The van der Waals surface area contributed by atoms with Gasteiger partial charge in [0.2, 0.25) is 0 Å². The van der Waals surface area contributed by atoms with Gasteiger partial charge < -0.3 is 5.32 Å². The van der Waals surface area contributed by atoms with Crippen molar-refractivity contribution in [2.75, 3.05) is 11.9 Å². The minimum atomic E-state index is -4.40. The molecule has 1 aromatic heterocycles. The van der Waals surface area contributed by atoms with Gasteiger partial charge in [0.25, 0.3) is 0 Å². The van der Waals surface area contributed by atoms with E-state index in [-0.39, 0.29) is 5.69 Å². The molecule has 84 valence electrons. The molecule has 0 aromatic carbocycles. The van der Waals surface area contributed by atoms with E-state index in [4.69, 9.17) is 0 Å². The quantitative estimate of drug-likeness (QED) is 0.798. The number of aryl methyl sites for hydroxylation is 1. The number of anilines is 1. The highest BCUT2D eigenvalue weighted by Crippen LogP contribution is 2.18. The largest absolute Gasteiger partial charge is 0.405 e. The molecule has 0 aliphatic carbocycles. The third kappa shape index (κ3) is 3.34. The Kier molecular flexibility index (Phi) is 3.43. The van der Waals surface area contributed by atoms with Gasteiger partial charge in [-0.05, 0) is 6.42 Å². The number of hydrogen-bond acceptors (Lipinski definition) is 3. The van der Waals surface area contributed by atoms with Crippen LogP contribution in [0.25, 0.3) is 0 Å². The van der Waals surface area contributed by atoms with Crippen LogP contribution >= 0.6 is 0 Å². The molecule has 0 bridgehead atoms. The number of halogens is 4. The van der Waals surface area contributed by atoms with E-state index in [0.717, 1.165) is 6.33 Å². The van der Waals surface area contributed by atoms with E-state index in [9.17, 15) is 17.6 Å². The maximum absolute atomic E-state index is 13.3. The van der Waals surface area contributed by atoms with Gasteiger partial charge >= 0.3 is 6.18 Å². The molecule has 1 rings (SSSR count). The van der Waals surface area contributed by atoms with Crippen LogP contribution in [0.3, 0.4) is 0 Å². The lowest BCUT2D eigenvalue weighted by Crippen LogP contribution is -2.22. The van der Waals surface area contributed by atoms with E-state index >= 15 is 0 Å². The predicted molar refractivity (Wildman–Crippen MR) is 45.9 cm³/mol. The Morgan fingerprint density at radius 2 is 2.00 bits per heavy atom. The molecule has 3 nitrogen and oxygen atoms in total. The van der Waals surface area contributed by atoms with Gasteiger partial charge in [-0.25, -0.2) is 14.4 Å². The van der Waals surface area contributed by atoms with Gasteiger partial charge in [-0.3, -0.25) is 0 Å². The summed E-state index contributed by atoms with van der Waals surface area (Å²) in [5.74, 6) is -1.25. The minimum Gasteiger partial charge on any atom is -0.359 e. The maximum Gasteiger partial charge on any atom is 0.405 e. The zero-order valence-electron chi connectivity index (χ0n) is 7.90. The molecule has 1 N–H and O–H groups in total. The number of nitrogens with one attached hydrogen (secondary N) is 1. The molecular formula is C8H9F4N3. The fourth-order valence-electron chi connectivity index (χ4n) is 0.960. The minimum absolute atomic E-state index is 0.0923. The van der Waals surface area contributed by atoms with Crippen LogP contribution in [0, 0.1) is 5.82 Å². The highest BCUT2D eigenvalue weighted by Gasteiger charge is 2.27. The molecule has 0 fully saturated rings. The van der Waals surface area contributed by atoms with E-state index in [1.165, 1.54) is 0 Å². The van der Waals surface area contributed by atoms with Gasteiger partial charge in [0.1, 0.15) is 12.9 Å². The number of nitrogens with zero attached hydrogens (tertiary/aromatic N) is 2. The van der Waals surface area contributed by atoms with Crippen LogP contribution in [0.1, 0.15) is 12.6 Å². The van der Waals surface area contributed by atoms with Crippen molar-refractivity contribution in [2.24, 2.45) is 0 Å². The summed E-state index contributed by atoms with van der Waals surface area (Å²) < 4.78 is 48.8. The van der Waals surface area contributed by atoms with Crippen LogP contribution in [0.5, 0.6) is 0 Å². The fraction of sp³-hybridized carbons (Fsp3) is 0.500. The SMILES string of the molecule is CCc1ncnc(NCC(F)(F)F)c1F. The normalized spacial score (nSPS) is 11.5. The molecule has 0 aliphatic rings. The molecule has 0 unspecified atom stereocenters. The van der Waals surface area contributed by atoms with Crippen LogP contribution in [0.4, 0.5) is 23.4 Å². The van der Waals surface area contributed by atoms with Gasteiger partial charge in [-0.15, -0.1) is 0 Å². The number of alkyl halides is 3. The molecule has 0 aliphatic heterocycles. The lowest BCUT2D eigenvalue weighted by molar-refractivity contribution is -0.115. The Morgan fingerprint density at radius 1 is 1.33 bits per heavy atom. The van der Waals surface area contributed by atoms with Gasteiger partial charge in [0.15, 0.2) is 11.6 Å². The molecule has 0 saturated carbocycles. The molecule has 0 atom stereocenters. The van der Waals surface area contributed by atoms with Crippen molar-refractivity contribution in [3.8, 4) is 0 Å². The van der Waals surface area contributed by atoms with Crippen molar-refractivity contribution < 1.29 is 17.6 Å². The van der Waals surface area contributed by atoms with E-state index < -0.39 is 24.4 Å². The first-order valence-electron chi connectivity index (χ1n) is 4.24. The van der Waals surface area contributed by atoms with Gasteiger partial charge in [0, 0.05) is 0 Å². The average molecular weight is 223 g/mol. The molecule has 0 spiro atoms. The Balaban J connectivity index is 2.78. The van der Waals surface area contributed by atoms with Crippen molar-refractivity contribution in [3.05, 3.63) is 17.8 Å². The molecule has 1 heterocycles. The maximum atomic E-state index is 13.3. The van der Waals surface area contributed by atoms with Crippen LogP contribution in [-0.4, -0.2) is 22.7 Å². The third-order valence-corrected chi connectivity index (χ3v) is 1.65. The standard InChI is InChI=1S/C8H9F4N3/c1-2-5-6(9)7(15-4-14-5)13-3-8(10,11)12/h4H,2-3H2,1H3,(H,13,14,15). The second-order valence-corrected chi connectivity index (χ2v) is 2.81.